The number of nitrogens with zero attached hydrogens (tertiary/aromatic N) is 3. The normalized spacial score (nSPS) is 14.1. The van der Waals surface area contributed by atoms with E-state index in [-0.39, 0.29) is 5.91 Å². The zero-order valence-corrected chi connectivity index (χ0v) is 16.5. The minimum absolute atomic E-state index is 0.0119. The van der Waals surface area contributed by atoms with Gasteiger partial charge in [-0.3, -0.25) is 4.79 Å². The first-order valence-corrected chi connectivity index (χ1v) is 9.83. The van der Waals surface area contributed by atoms with E-state index >= 15 is 0 Å². The second-order valence-corrected chi connectivity index (χ2v) is 7.32. The molecular weight excluding hydrogens is 374 g/mol. The van der Waals surface area contributed by atoms with Gasteiger partial charge in [-0.25, -0.2) is 4.68 Å². The maximum absolute atomic E-state index is 13.0. The number of carbonyl (C=O) groups is 1. The number of amides is 1. The molecular formula is C22H22ClN3O2. The quantitative estimate of drug-likeness (QED) is 0.635. The van der Waals surface area contributed by atoms with Crippen molar-refractivity contribution in [3.05, 3.63) is 65.3 Å². The first kappa shape index (κ1) is 18.6. The Morgan fingerprint density at radius 1 is 1.00 bits per heavy atom. The van der Waals surface area contributed by atoms with Crippen molar-refractivity contribution >= 4 is 17.5 Å². The number of hydrogen-bond acceptors (Lipinski definition) is 3. The molecule has 1 aromatic heterocycles. The molecule has 0 spiro atoms. The minimum atomic E-state index is -0.0119. The van der Waals surface area contributed by atoms with Gasteiger partial charge in [0.25, 0.3) is 5.91 Å². The Morgan fingerprint density at radius 2 is 1.68 bits per heavy atom. The molecule has 2 aromatic carbocycles. The highest BCUT2D eigenvalue weighted by atomic mass is 35.5. The summed E-state index contributed by atoms with van der Waals surface area (Å²) in [6.07, 6.45) is 3.28. The zero-order valence-electron chi connectivity index (χ0n) is 15.8. The predicted octanol–water partition coefficient (Wildman–Crippen LogP) is 4.83. The van der Waals surface area contributed by atoms with Gasteiger partial charge in [0.2, 0.25) is 0 Å². The van der Waals surface area contributed by atoms with Crippen molar-refractivity contribution in [1.82, 2.24) is 14.7 Å². The van der Waals surface area contributed by atoms with Gasteiger partial charge in [-0.2, -0.15) is 5.10 Å². The van der Waals surface area contributed by atoms with E-state index in [1.165, 1.54) is 6.42 Å². The molecule has 1 amide bonds. The molecule has 0 unspecified atom stereocenters. The molecule has 0 aliphatic carbocycles. The van der Waals surface area contributed by atoms with Gasteiger partial charge in [-0.15, -0.1) is 0 Å². The molecule has 1 fully saturated rings. The van der Waals surface area contributed by atoms with Crippen molar-refractivity contribution in [3.63, 3.8) is 0 Å². The second-order valence-electron chi connectivity index (χ2n) is 6.88. The highest BCUT2D eigenvalue weighted by molar-refractivity contribution is 6.30. The summed E-state index contributed by atoms with van der Waals surface area (Å²) in [6.45, 7) is 1.59. The number of likely N-dealkylation sites (tertiary alicyclic amines) is 1. The van der Waals surface area contributed by atoms with Gasteiger partial charge in [0, 0.05) is 23.7 Å². The third-order valence-electron chi connectivity index (χ3n) is 5.03. The summed E-state index contributed by atoms with van der Waals surface area (Å²) in [4.78, 5) is 14.9. The Morgan fingerprint density at radius 3 is 2.32 bits per heavy atom. The minimum Gasteiger partial charge on any atom is -0.497 e. The van der Waals surface area contributed by atoms with E-state index < -0.39 is 0 Å². The molecule has 3 aromatic rings. The Kier molecular flexibility index (Phi) is 5.35. The van der Waals surface area contributed by atoms with Crippen molar-refractivity contribution in [2.24, 2.45) is 0 Å². The number of benzene rings is 2. The zero-order chi connectivity index (χ0) is 19.5. The van der Waals surface area contributed by atoms with Crippen LogP contribution in [0.4, 0.5) is 0 Å². The van der Waals surface area contributed by atoms with Crippen molar-refractivity contribution in [1.29, 1.82) is 0 Å². The van der Waals surface area contributed by atoms with Crippen molar-refractivity contribution < 1.29 is 9.53 Å². The molecule has 6 heteroatoms. The molecule has 1 aliphatic heterocycles. The third kappa shape index (κ3) is 3.76. The molecule has 1 aliphatic rings. The van der Waals surface area contributed by atoms with Crippen LogP contribution in [-0.4, -0.2) is 40.8 Å². The number of ether oxygens (including phenoxy) is 1. The first-order valence-electron chi connectivity index (χ1n) is 9.45. The lowest BCUT2D eigenvalue weighted by molar-refractivity contribution is 0.0718. The van der Waals surface area contributed by atoms with Crippen LogP contribution in [0.2, 0.25) is 5.02 Å². The van der Waals surface area contributed by atoms with E-state index in [2.05, 4.69) is 5.10 Å². The van der Waals surface area contributed by atoms with Crippen LogP contribution in [0.25, 0.3) is 16.9 Å². The lowest BCUT2D eigenvalue weighted by atomic mass is 10.1. The predicted molar refractivity (Wildman–Crippen MR) is 110 cm³/mol. The topological polar surface area (TPSA) is 47.4 Å². The highest BCUT2D eigenvalue weighted by Crippen LogP contribution is 2.27. The fourth-order valence-electron chi connectivity index (χ4n) is 3.49. The van der Waals surface area contributed by atoms with Crippen LogP contribution in [0.15, 0.2) is 54.6 Å². The molecule has 4 rings (SSSR count). The lowest BCUT2D eigenvalue weighted by Crippen LogP contribution is -2.35. The molecule has 0 saturated carbocycles. The smallest absolute Gasteiger partial charge is 0.274 e. The van der Waals surface area contributed by atoms with Crippen molar-refractivity contribution in [3.8, 4) is 22.7 Å². The average molecular weight is 396 g/mol. The van der Waals surface area contributed by atoms with Crippen LogP contribution in [0, 0.1) is 0 Å². The molecule has 5 nitrogen and oxygen atoms in total. The van der Waals surface area contributed by atoms with Gasteiger partial charge in [0.05, 0.1) is 18.5 Å². The summed E-state index contributed by atoms with van der Waals surface area (Å²) in [5.74, 6) is 0.760. The van der Waals surface area contributed by atoms with E-state index in [4.69, 9.17) is 16.3 Å². The Hall–Kier alpha value is -2.79. The van der Waals surface area contributed by atoms with Gasteiger partial charge < -0.3 is 9.64 Å². The number of piperidine rings is 1. The number of halogens is 1. The maximum Gasteiger partial charge on any atom is 0.274 e. The summed E-state index contributed by atoms with van der Waals surface area (Å²) >= 11 is 6.05. The first-order chi connectivity index (χ1) is 13.7. The molecule has 144 valence electrons. The highest BCUT2D eigenvalue weighted by Gasteiger charge is 2.23. The number of methoxy groups -OCH3 is 1. The molecule has 0 radical (unpaired) electrons. The van der Waals surface area contributed by atoms with Crippen LogP contribution in [0.3, 0.4) is 0 Å². The fourth-order valence-corrected chi connectivity index (χ4v) is 3.62. The summed E-state index contributed by atoms with van der Waals surface area (Å²) in [5, 5.41) is 5.33. The number of carbonyl (C=O) groups excluding carboxylic acids is 1. The number of rotatable bonds is 4. The van der Waals surface area contributed by atoms with Crippen LogP contribution >= 0.6 is 11.6 Å². The van der Waals surface area contributed by atoms with E-state index in [0.717, 1.165) is 48.6 Å². The van der Waals surface area contributed by atoms with E-state index in [1.54, 1.807) is 11.8 Å². The van der Waals surface area contributed by atoms with Gasteiger partial charge in [-0.1, -0.05) is 23.7 Å². The molecule has 2 heterocycles. The second kappa shape index (κ2) is 8.07. The molecule has 1 saturated heterocycles. The van der Waals surface area contributed by atoms with Crippen LogP contribution in [-0.2, 0) is 0 Å². The van der Waals surface area contributed by atoms with Crippen LogP contribution < -0.4 is 4.74 Å². The molecule has 0 N–H and O–H groups in total. The number of hydrogen-bond donors (Lipinski definition) is 0. The monoisotopic (exact) mass is 395 g/mol. The maximum atomic E-state index is 13.0. The SMILES string of the molecule is COc1ccc(-n2nc(C(=O)N3CCCCC3)cc2-c2ccc(Cl)cc2)cc1. The van der Waals surface area contributed by atoms with E-state index in [0.29, 0.717) is 10.7 Å². The summed E-state index contributed by atoms with van der Waals surface area (Å²) in [6, 6.07) is 17.1. The van der Waals surface area contributed by atoms with E-state index in [9.17, 15) is 4.79 Å². The van der Waals surface area contributed by atoms with Gasteiger partial charge in [-0.05, 0) is 61.7 Å². The Bertz CT molecular complexity index is 958. The Labute approximate surface area is 169 Å². The fraction of sp³-hybridized carbons (Fsp3) is 0.273. The standard InChI is InChI=1S/C22H22ClN3O2/c1-28-19-11-9-18(10-12-19)26-21(16-5-7-17(23)8-6-16)15-20(24-26)22(27)25-13-3-2-4-14-25/h5-12,15H,2-4,13-14H2,1H3. The lowest BCUT2D eigenvalue weighted by Gasteiger charge is -2.25. The summed E-state index contributed by atoms with van der Waals surface area (Å²) in [7, 11) is 1.64. The Balaban J connectivity index is 1.76. The summed E-state index contributed by atoms with van der Waals surface area (Å²) in [5.41, 5.74) is 3.12. The van der Waals surface area contributed by atoms with Crippen molar-refractivity contribution in [2.75, 3.05) is 20.2 Å². The van der Waals surface area contributed by atoms with Crippen LogP contribution in [0.1, 0.15) is 29.8 Å². The summed E-state index contributed by atoms with van der Waals surface area (Å²) < 4.78 is 7.06. The van der Waals surface area contributed by atoms with Crippen molar-refractivity contribution in [2.45, 2.75) is 19.3 Å². The van der Waals surface area contributed by atoms with Crippen LogP contribution in [0.5, 0.6) is 5.75 Å². The van der Waals surface area contributed by atoms with Gasteiger partial charge in [0.15, 0.2) is 5.69 Å². The van der Waals surface area contributed by atoms with Gasteiger partial charge >= 0.3 is 0 Å². The van der Waals surface area contributed by atoms with Gasteiger partial charge in [0.1, 0.15) is 5.75 Å². The average Bonchev–Trinajstić information content (AvgIpc) is 3.20. The largest absolute Gasteiger partial charge is 0.497 e. The molecule has 0 bridgehead atoms. The number of aromatic nitrogens is 2. The molecule has 0 atom stereocenters. The molecule has 28 heavy (non-hydrogen) atoms. The van der Waals surface area contributed by atoms with E-state index in [1.807, 2.05) is 59.5 Å². The third-order valence-corrected chi connectivity index (χ3v) is 5.28.